The quantitative estimate of drug-likeness (QED) is 0.377. The molecule has 0 bridgehead atoms. The molecule has 0 unspecified atom stereocenters. The van der Waals surface area contributed by atoms with Crippen LogP contribution in [0.2, 0.25) is 0 Å². The minimum absolute atomic E-state index is 0.364. The van der Waals surface area contributed by atoms with Gasteiger partial charge in [-0.15, -0.1) is 0 Å². The van der Waals surface area contributed by atoms with Crippen LogP contribution in [0.1, 0.15) is 25.7 Å². The maximum atomic E-state index is 10.8. The maximum Gasteiger partial charge on any atom is 0.330 e. The molecule has 2 aromatic rings. The molecule has 0 amide bonds. The minimum Gasteiger partial charge on any atom is -0.490 e. The first-order chi connectivity index (χ1) is 11.8. The largest absolute Gasteiger partial charge is 0.490 e. The van der Waals surface area contributed by atoms with Crippen LogP contribution in [0.15, 0.2) is 55.4 Å². The Balaban J connectivity index is 1.60. The van der Waals surface area contributed by atoms with Crippen molar-refractivity contribution < 1.29 is 14.3 Å². The Morgan fingerprint density at radius 1 is 1.00 bits per heavy atom. The van der Waals surface area contributed by atoms with E-state index < -0.39 is 0 Å². The first kappa shape index (κ1) is 17.7. The Morgan fingerprint density at radius 3 is 2.33 bits per heavy atom. The number of benzene rings is 1. The van der Waals surface area contributed by atoms with Gasteiger partial charge in [0.25, 0.3) is 0 Å². The second-order valence-corrected chi connectivity index (χ2v) is 5.24. The van der Waals surface area contributed by atoms with Crippen molar-refractivity contribution in [1.82, 2.24) is 9.97 Å². The van der Waals surface area contributed by atoms with Gasteiger partial charge in [-0.05, 0) is 25.7 Å². The van der Waals surface area contributed by atoms with Crippen LogP contribution in [-0.4, -0.2) is 29.2 Å². The number of nitrogens with zero attached hydrogens (tertiary/aromatic N) is 2. The van der Waals surface area contributed by atoms with E-state index in [0.29, 0.717) is 24.8 Å². The van der Waals surface area contributed by atoms with Crippen molar-refractivity contribution in [3.05, 3.63) is 55.4 Å². The standard InChI is InChI=1S/C19H22N2O3/c1-2-18(22)24-13-9-4-3-8-12-23-17-14-20-19(21-15-17)16-10-6-5-7-11-16/h2,5-7,10-11,14-15H,1,3-4,8-9,12-13H2. The van der Waals surface area contributed by atoms with E-state index in [1.165, 1.54) is 6.08 Å². The summed E-state index contributed by atoms with van der Waals surface area (Å²) in [5.41, 5.74) is 0.987. The van der Waals surface area contributed by atoms with E-state index in [9.17, 15) is 4.79 Å². The van der Waals surface area contributed by atoms with Gasteiger partial charge in [-0.25, -0.2) is 14.8 Å². The zero-order valence-corrected chi connectivity index (χ0v) is 13.7. The molecule has 1 aromatic carbocycles. The van der Waals surface area contributed by atoms with Crippen molar-refractivity contribution in [2.24, 2.45) is 0 Å². The molecule has 0 spiro atoms. The van der Waals surface area contributed by atoms with Crippen LogP contribution in [0.25, 0.3) is 11.4 Å². The number of hydrogen-bond donors (Lipinski definition) is 0. The second kappa shape index (κ2) is 10.2. The van der Waals surface area contributed by atoms with Crippen LogP contribution in [0, 0.1) is 0 Å². The summed E-state index contributed by atoms with van der Waals surface area (Å²) in [4.78, 5) is 19.5. The first-order valence-corrected chi connectivity index (χ1v) is 8.09. The van der Waals surface area contributed by atoms with Crippen LogP contribution < -0.4 is 4.74 Å². The van der Waals surface area contributed by atoms with E-state index in [1.807, 2.05) is 30.3 Å². The van der Waals surface area contributed by atoms with Gasteiger partial charge < -0.3 is 9.47 Å². The fourth-order valence-electron chi connectivity index (χ4n) is 2.11. The average Bonchev–Trinajstić information content (AvgIpc) is 2.65. The summed E-state index contributed by atoms with van der Waals surface area (Å²) in [5, 5.41) is 0. The zero-order valence-electron chi connectivity index (χ0n) is 13.7. The highest BCUT2D eigenvalue weighted by molar-refractivity contribution is 5.81. The minimum atomic E-state index is -0.364. The second-order valence-electron chi connectivity index (χ2n) is 5.24. The molecule has 5 nitrogen and oxygen atoms in total. The average molecular weight is 326 g/mol. The summed E-state index contributed by atoms with van der Waals surface area (Å²) < 4.78 is 10.5. The fraction of sp³-hybridized carbons (Fsp3) is 0.316. The summed E-state index contributed by atoms with van der Waals surface area (Å²) in [5.74, 6) is 1.00. The third kappa shape index (κ3) is 6.20. The maximum absolute atomic E-state index is 10.8. The monoisotopic (exact) mass is 326 g/mol. The third-order valence-electron chi connectivity index (χ3n) is 3.38. The summed E-state index contributed by atoms with van der Waals surface area (Å²) in [6.45, 7) is 4.42. The van der Waals surface area contributed by atoms with Crippen molar-refractivity contribution in [3.8, 4) is 17.1 Å². The highest BCUT2D eigenvalue weighted by Crippen LogP contribution is 2.16. The molecule has 5 heteroatoms. The number of aromatic nitrogens is 2. The number of carbonyl (C=O) groups excluding carboxylic acids is 1. The van der Waals surface area contributed by atoms with E-state index in [2.05, 4.69) is 16.5 Å². The van der Waals surface area contributed by atoms with Gasteiger partial charge in [-0.3, -0.25) is 0 Å². The highest BCUT2D eigenvalue weighted by atomic mass is 16.5. The topological polar surface area (TPSA) is 61.3 Å². The lowest BCUT2D eigenvalue weighted by Gasteiger charge is -2.06. The number of unbranched alkanes of at least 4 members (excludes halogenated alkanes) is 3. The van der Waals surface area contributed by atoms with Crippen molar-refractivity contribution in [2.75, 3.05) is 13.2 Å². The van der Waals surface area contributed by atoms with E-state index in [-0.39, 0.29) is 5.97 Å². The molecule has 0 saturated carbocycles. The summed E-state index contributed by atoms with van der Waals surface area (Å²) in [6.07, 6.45) is 8.39. The van der Waals surface area contributed by atoms with Gasteiger partial charge in [0.2, 0.25) is 0 Å². The van der Waals surface area contributed by atoms with Crippen molar-refractivity contribution in [2.45, 2.75) is 25.7 Å². The number of esters is 1. The van der Waals surface area contributed by atoms with E-state index in [1.54, 1.807) is 12.4 Å². The SMILES string of the molecule is C=CC(=O)OCCCCCCOc1cnc(-c2ccccc2)nc1. The van der Waals surface area contributed by atoms with Crippen molar-refractivity contribution in [1.29, 1.82) is 0 Å². The summed E-state index contributed by atoms with van der Waals surface area (Å²) in [7, 11) is 0. The molecular weight excluding hydrogens is 304 g/mol. The fourth-order valence-corrected chi connectivity index (χ4v) is 2.11. The van der Waals surface area contributed by atoms with E-state index in [4.69, 9.17) is 9.47 Å². The van der Waals surface area contributed by atoms with Gasteiger partial charge >= 0.3 is 5.97 Å². The lowest BCUT2D eigenvalue weighted by molar-refractivity contribution is -0.137. The lowest BCUT2D eigenvalue weighted by Crippen LogP contribution is -2.02. The number of ether oxygens (including phenoxy) is 2. The van der Waals surface area contributed by atoms with Crippen LogP contribution >= 0.6 is 0 Å². The van der Waals surface area contributed by atoms with Gasteiger partial charge in [-0.2, -0.15) is 0 Å². The van der Waals surface area contributed by atoms with Crippen LogP contribution in [-0.2, 0) is 9.53 Å². The molecule has 0 aliphatic rings. The summed E-state index contributed by atoms with van der Waals surface area (Å²) in [6, 6.07) is 9.83. The molecule has 0 aliphatic heterocycles. The van der Waals surface area contributed by atoms with Crippen LogP contribution in [0.4, 0.5) is 0 Å². The molecule has 0 atom stereocenters. The Bertz CT molecular complexity index is 627. The predicted octanol–water partition coefficient (Wildman–Crippen LogP) is 3.81. The predicted molar refractivity (Wildman–Crippen MR) is 92.6 cm³/mol. The molecule has 126 valence electrons. The molecular formula is C19H22N2O3. The zero-order chi connectivity index (χ0) is 17.0. The molecule has 0 fully saturated rings. The van der Waals surface area contributed by atoms with Gasteiger partial charge in [0.05, 0.1) is 25.6 Å². The lowest BCUT2D eigenvalue weighted by atomic mass is 10.2. The van der Waals surface area contributed by atoms with Gasteiger partial charge in [0.1, 0.15) is 0 Å². The van der Waals surface area contributed by atoms with Crippen LogP contribution in [0.3, 0.4) is 0 Å². The Morgan fingerprint density at radius 2 is 1.67 bits per heavy atom. The molecule has 1 heterocycles. The van der Waals surface area contributed by atoms with E-state index >= 15 is 0 Å². The number of hydrogen-bond acceptors (Lipinski definition) is 5. The smallest absolute Gasteiger partial charge is 0.330 e. The molecule has 0 radical (unpaired) electrons. The number of carbonyl (C=O) groups is 1. The Labute approximate surface area is 142 Å². The Kier molecular flexibility index (Phi) is 7.47. The van der Waals surface area contributed by atoms with E-state index in [0.717, 1.165) is 31.2 Å². The van der Waals surface area contributed by atoms with Gasteiger partial charge in [-0.1, -0.05) is 36.9 Å². The molecule has 0 N–H and O–H groups in total. The molecule has 0 aliphatic carbocycles. The summed E-state index contributed by atoms with van der Waals surface area (Å²) >= 11 is 0. The molecule has 1 aromatic heterocycles. The third-order valence-corrected chi connectivity index (χ3v) is 3.38. The highest BCUT2D eigenvalue weighted by Gasteiger charge is 2.01. The van der Waals surface area contributed by atoms with Crippen LogP contribution in [0.5, 0.6) is 5.75 Å². The Hall–Kier alpha value is -2.69. The van der Waals surface area contributed by atoms with Crippen molar-refractivity contribution in [3.63, 3.8) is 0 Å². The number of rotatable bonds is 10. The normalized spacial score (nSPS) is 10.2. The molecule has 0 saturated heterocycles. The first-order valence-electron chi connectivity index (χ1n) is 8.09. The molecule has 24 heavy (non-hydrogen) atoms. The van der Waals surface area contributed by atoms with Gasteiger partial charge in [0.15, 0.2) is 11.6 Å². The molecule has 2 rings (SSSR count). The van der Waals surface area contributed by atoms with Gasteiger partial charge in [0, 0.05) is 11.6 Å². The van der Waals surface area contributed by atoms with Crippen molar-refractivity contribution >= 4 is 5.97 Å².